The number of hydrogen-bond donors (Lipinski definition) is 1. The van der Waals surface area contributed by atoms with Crippen LogP contribution in [0.3, 0.4) is 0 Å². The van der Waals surface area contributed by atoms with Gasteiger partial charge in [0.1, 0.15) is 0 Å². The Kier molecular flexibility index (Phi) is 3.88. The Balaban J connectivity index is 1.96. The summed E-state index contributed by atoms with van der Waals surface area (Å²) >= 11 is 1.67. The van der Waals surface area contributed by atoms with Crippen molar-refractivity contribution in [3.63, 3.8) is 0 Å². The SMILES string of the molecule is O=C(O)c1ccc(SCc2ccccc2)c2ncccc12. The first kappa shape index (κ1) is 13.6. The van der Waals surface area contributed by atoms with Crippen molar-refractivity contribution in [2.75, 3.05) is 0 Å². The van der Waals surface area contributed by atoms with E-state index in [-0.39, 0.29) is 0 Å². The molecule has 0 amide bonds. The van der Waals surface area contributed by atoms with Gasteiger partial charge in [0.2, 0.25) is 0 Å². The van der Waals surface area contributed by atoms with E-state index in [4.69, 9.17) is 0 Å². The number of benzene rings is 2. The Morgan fingerprint density at radius 2 is 1.86 bits per heavy atom. The number of nitrogens with zero attached hydrogens (tertiary/aromatic N) is 1. The van der Waals surface area contributed by atoms with Crippen molar-refractivity contribution in [3.8, 4) is 0 Å². The summed E-state index contributed by atoms with van der Waals surface area (Å²) in [6.07, 6.45) is 1.69. The second-order valence-corrected chi connectivity index (χ2v) is 5.61. The van der Waals surface area contributed by atoms with E-state index >= 15 is 0 Å². The summed E-state index contributed by atoms with van der Waals surface area (Å²) in [5.74, 6) is -0.0912. The first-order valence-corrected chi connectivity index (χ1v) is 7.52. The third-order valence-electron chi connectivity index (χ3n) is 3.20. The van der Waals surface area contributed by atoms with Gasteiger partial charge in [-0.2, -0.15) is 0 Å². The number of carbonyl (C=O) groups is 1. The topological polar surface area (TPSA) is 50.2 Å². The smallest absolute Gasteiger partial charge is 0.336 e. The molecule has 0 unspecified atom stereocenters. The number of carboxylic acids is 1. The molecule has 0 aliphatic heterocycles. The van der Waals surface area contributed by atoms with Crippen LogP contribution >= 0.6 is 11.8 Å². The summed E-state index contributed by atoms with van der Waals surface area (Å²) in [5.41, 5.74) is 2.27. The van der Waals surface area contributed by atoms with E-state index in [0.717, 1.165) is 16.2 Å². The van der Waals surface area contributed by atoms with Crippen molar-refractivity contribution in [2.24, 2.45) is 0 Å². The Hall–Kier alpha value is -2.33. The van der Waals surface area contributed by atoms with Gasteiger partial charge in [-0.15, -0.1) is 11.8 Å². The van der Waals surface area contributed by atoms with E-state index in [1.807, 2.05) is 24.3 Å². The van der Waals surface area contributed by atoms with Crippen LogP contribution < -0.4 is 0 Å². The van der Waals surface area contributed by atoms with Gasteiger partial charge in [-0.05, 0) is 23.8 Å². The van der Waals surface area contributed by atoms with Crippen LogP contribution in [0.4, 0.5) is 0 Å². The van der Waals surface area contributed by atoms with Gasteiger partial charge < -0.3 is 5.11 Å². The van der Waals surface area contributed by atoms with Gasteiger partial charge in [0.15, 0.2) is 0 Å². The second kappa shape index (κ2) is 5.97. The highest BCUT2D eigenvalue weighted by atomic mass is 32.2. The summed E-state index contributed by atoms with van der Waals surface area (Å²) in [4.78, 5) is 16.6. The van der Waals surface area contributed by atoms with Crippen LogP contribution in [0, 0.1) is 0 Å². The summed E-state index contributed by atoms with van der Waals surface area (Å²) in [7, 11) is 0. The number of fused-ring (bicyclic) bond motifs is 1. The van der Waals surface area contributed by atoms with E-state index in [1.165, 1.54) is 5.56 Å². The van der Waals surface area contributed by atoms with Gasteiger partial charge >= 0.3 is 5.97 Å². The Labute approximate surface area is 126 Å². The maximum Gasteiger partial charge on any atom is 0.336 e. The lowest BCUT2D eigenvalue weighted by Crippen LogP contribution is -1.98. The standard InChI is InChI=1S/C17H13NO2S/c19-17(20)14-8-9-15(16-13(14)7-4-10-18-16)21-11-12-5-2-1-3-6-12/h1-10H,11H2,(H,19,20). The quantitative estimate of drug-likeness (QED) is 0.732. The molecule has 0 aliphatic carbocycles. The third-order valence-corrected chi connectivity index (χ3v) is 4.32. The molecule has 4 heteroatoms. The van der Waals surface area contributed by atoms with Crippen LogP contribution in [-0.4, -0.2) is 16.1 Å². The molecule has 3 aromatic rings. The van der Waals surface area contributed by atoms with Gasteiger partial charge in [-0.25, -0.2) is 4.79 Å². The van der Waals surface area contributed by atoms with Crippen molar-refractivity contribution in [2.45, 2.75) is 10.6 Å². The molecular weight excluding hydrogens is 282 g/mol. The molecule has 1 N–H and O–H groups in total. The lowest BCUT2D eigenvalue weighted by atomic mass is 10.1. The molecule has 0 bridgehead atoms. The molecule has 0 atom stereocenters. The minimum absolute atomic E-state index is 0.294. The van der Waals surface area contributed by atoms with Gasteiger partial charge in [0.05, 0.1) is 11.1 Å². The number of carboxylic acid groups (broad SMARTS) is 1. The maximum absolute atomic E-state index is 11.3. The minimum atomic E-state index is -0.924. The second-order valence-electron chi connectivity index (χ2n) is 4.59. The highest BCUT2D eigenvalue weighted by Crippen LogP contribution is 2.30. The average molecular weight is 295 g/mol. The summed E-state index contributed by atoms with van der Waals surface area (Å²) < 4.78 is 0. The van der Waals surface area contributed by atoms with E-state index in [2.05, 4.69) is 17.1 Å². The number of aromatic carboxylic acids is 1. The fourth-order valence-corrected chi connectivity index (χ4v) is 3.16. The monoisotopic (exact) mass is 295 g/mol. The number of hydrogen-bond acceptors (Lipinski definition) is 3. The molecule has 3 nitrogen and oxygen atoms in total. The predicted molar refractivity (Wildman–Crippen MR) is 84.7 cm³/mol. The summed E-state index contributed by atoms with van der Waals surface area (Å²) in [6.45, 7) is 0. The van der Waals surface area contributed by atoms with Gasteiger partial charge in [0.25, 0.3) is 0 Å². The van der Waals surface area contributed by atoms with Crippen molar-refractivity contribution in [1.82, 2.24) is 4.98 Å². The maximum atomic E-state index is 11.3. The van der Waals surface area contributed by atoms with Crippen LogP contribution in [0.5, 0.6) is 0 Å². The Bertz CT molecular complexity index is 787. The van der Waals surface area contributed by atoms with Crippen LogP contribution in [0.2, 0.25) is 0 Å². The summed E-state index contributed by atoms with van der Waals surface area (Å²) in [5, 5.41) is 9.93. The zero-order valence-electron chi connectivity index (χ0n) is 11.2. The lowest BCUT2D eigenvalue weighted by molar-refractivity contribution is 0.0699. The molecule has 0 aliphatic rings. The molecule has 1 aromatic heterocycles. The molecule has 3 rings (SSSR count). The molecule has 0 radical (unpaired) electrons. The van der Waals surface area contributed by atoms with Crippen LogP contribution in [0.25, 0.3) is 10.9 Å². The highest BCUT2D eigenvalue weighted by Gasteiger charge is 2.12. The molecule has 0 spiro atoms. The molecule has 0 saturated heterocycles. The third kappa shape index (κ3) is 2.90. The first-order chi connectivity index (χ1) is 10.3. The summed E-state index contributed by atoms with van der Waals surface area (Å²) in [6, 6.07) is 17.2. The molecule has 21 heavy (non-hydrogen) atoms. The van der Waals surface area contributed by atoms with E-state index < -0.39 is 5.97 Å². The zero-order chi connectivity index (χ0) is 14.7. The fraction of sp³-hybridized carbons (Fsp3) is 0.0588. The average Bonchev–Trinajstić information content (AvgIpc) is 2.53. The van der Waals surface area contributed by atoms with Crippen LogP contribution in [0.15, 0.2) is 65.7 Å². The lowest BCUT2D eigenvalue weighted by Gasteiger charge is -2.08. The van der Waals surface area contributed by atoms with Crippen LogP contribution in [-0.2, 0) is 5.75 Å². The Morgan fingerprint density at radius 1 is 1.05 bits per heavy atom. The van der Waals surface area contributed by atoms with E-state index in [9.17, 15) is 9.90 Å². The van der Waals surface area contributed by atoms with E-state index in [0.29, 0.717) is 10.9 Å². The minimum Gasteiger partial charge on any atom is -0.478 e. The van der Waals surface area contributed by atoms with Crippen molar-refractivity contribution in [3.05, 3.63) is 71.9 Å². The van der Waals surface area contributed by atoms with Gasteiger partial charge in [-0.3, -0.25) is 4.98 Å². The van der Waals surface area contributed by atoms with E-state index in [1.54, 1.807) is 36.2 Å². The number of thioether (sulfide) groups is 1. The zero-order valence-corrected chi connectivity index (χ0v) is 12.0. The highest BCUT2D eigenvalue weighted by molar-refractivity contribution is 7.98. The van der Waals surface area contributed by atoms with Crippen LogP contribution in [0.1, 0.15) is 15.9 Å². The van der Waals surface area contributed by atoms with Crippen molar-refractivity contribution < 1.29 is 9.90 Å². The molecule has 104 valence electrons. The number of pyridine rings is 1. The van der Waals surface area contributed by atoms with Crippen molar-refractivity contribution in [1.29, 1.82) is 0 Å². The molecule has 0 saturated carbocycles. The predicted octanol–water partition coefficient (Wildman–Crippen LogP) is 4.23. The Morgan fingerprint density at radius 3 is 2.62 bits per heavy atom. The van der Waals surface area contributed by atoms with Gasteiger partial charge in [-0.1, -0.05) is 36.4 Å². The molecular formula is C17H13NO2S. The van der Waals surface area contributed by atoms with Gasteiger partial charge in [0, 0.05) is 22.2 Å². The number of aromatic nitrogens is 1. The number of rotatable bonds is 4. The fourth-order valence-electron chi connectivity index (χ4n) is 2.19. The largest absolute Gasteiger partial charge is 0.478 e. The first-order valence-electron chi connectivity index (χ1n) is 6.53. The normalized spacial score (nSPS) is 10.7. The molecule has 2 aromatic carbocycles. The molecule has 0 fully saturated rings. The molecule has 1 heterocycles. The van der Waals surface area contributed by atoms with Crippen molar-refractivity contribution >= 4 is 28.6 Å².